The molecule has 2 heterocycles. The van der Waals surface area contributed by atoms with Gasteiger partial charge in [0.25, 0.3) is 5.69 Å². The van der Waals surface area contributed by atoms with Crippen molar-refractivity contribution < 1.29 is 10.1 Å². The Morgan fingerprint density at radius 3 is 2.72 bits per heavy atom. The maximum atomic E-state index is 10.5. The molecule has 0 saturated heterocycles. The van der Waals surface area contributed by atoms with Crippen LogP contribution in [0.4, 0.5) is 11.5 Å². The van der Waals surface area contributed by atoms with E-state index in [0.717, 1.165) is 16.5 Å². The summed E-state index contributed by atoms with van der Waals surface area (Å²) in [5.74, 6) is 0.284. The Labute approximate surface area is 102 Å². The Balaban J connectivity index is 2.41. The van der Waals surface area contributed by atoms with Crippen LogP contribution in [0.3, 0.4) is 0 Å². The highest BCUT2D eigenvalue weighted by atomic mass is 16.6. The van der Waals surface area contributed by atoms with Gasteiger partial charge in [0, 0.05) is 12.3 Å². The van der Waals surface area contributed by atoms with Crippen LogP contribution < -0.4 is 5.49 Å². The average molecular weight is 246 g/mol. The second kappa shape index (κ2) is 4.66. The molecule has 0 unspecified atom stereocenters. The fourth-order valence-corrected chi connectivity index (χ4v) is 1.34. The van der Waals surface area contributed by atoms with Gasteiger partial charge in [-0.3, -0.25) is 10.1 Å². The molecule has 0 aliphatic heterocycles. The van der Waals surface area contributed by atoms with Crippen molar-refractivity contribution in [2.24, 2.45) is 4.99 Å². The third-order valence-electron chi connectivity index (χ3n) is 2.23. The Kier molecular flexibility index (Phi) is 3.05. The topological polar surface area (TPSA) is 93.5 Å². The average Bonchev–Trinajstić information content (AvgIpc) is 2.33. The quantitative estimate of drug-likeness (QED) is 0.494. The van der Waals surface area contributed by atoms with Crippen molar-refractivity contribution in [2.75, 3.05) is 0 Å². The number of nitro groups is 1. The second-order valence-electron chi connectivity index (χ2n) is 3.65. The minimum atomic E-state index is -0.533. The molecule has 2 aromatic rings. The van der Waals surface area contributed by atoms with Gasteiger partial charge < -0.3 is 5.21 Å². The molecule has 0 bridgehead atoms. The fraction of sp³-hybridized carbons (Fsp3) is 0.0909. The molecule has 0 aliphatic carbocycles. The summed E-state index contributed by atoms with van der Waals surface area (Å²) >= 11 is 0. The summed E-state index contributed by atoms with van der Waals surface area (Å²) in [4.78, 5) is 17.8. The number of nitrogens with zero attached hydrogens (tertiary/aromatic N) is 4. The van der Waals surface area contributed by atoms with E-state index >= 15 is 0 Å². The normalized spacial score (nSPS) is 11.5. The third-order valence-corrected chi connectivity index (χ3v) is 2.23. The molecule has 0 saturated carbocycles. The number of aromatic nitrogens is 2. The lowest BCUT2D eigenvalue weighted by Gasteiger charge is -1.99. The Bertz CT molecular complexity index is 646. The minimum Gasteiger partial charge on any atom is -0.427 e. The molecule has 2 aromatic heterocycles. The van der Waals surface area contributed by atoms with Gasteiger partial charge in [-0.15, -0.1) is 0 Å². The van der Waals surface area contributed by atoms with E-state index in [2.05, 4.69) is 9.98 Å². The van der Waals surface area contributed by atoms with Crippen molar-refractivity contribution >= 4 is 11.5 Å². The lowest BCUT2D eigenvalue weighted by atomic mass is 10.3. The van der Waals surface area contributed by atoms with Gasteiger partial charge in [-0.05, 0) is 24.6 Å². The SMILES string of the molecule is Cc1ccc(=Nc2ccc([N+](=O)[O-])cn2)n(O)c1. The number of pyridine rings is 2. The van der Waals surface area contributed by atoms with Crippen LogP contribution in [0.2, 0.25) is 0 Å². The first-order chi connectivity index (χ1) is 8.56. The molecule has 7 heteroatoms. The van der Waals surface area contributed by atoms with Crippen LogP contribution in [0.1, 0.15) is 5.56 Å². The van der Waals surface area contributed by atoms with Gasteiger partial charge in [0.2, 0.25) is 0 Å². The first-order valence-corrected chi connectivity index (χ1v) is 5.10. The molecule has 0 aliphatic rings. The number of hydrogen-bond donors (Lipinski definition) is 1. The molecule has 0 radical (unpaired) electrons. The molecular formula is C11H10N4O3. The van der Waals surface area contributed by atoms with Crippen LogP contribution >= 0.6 is 0 Å². The minimum absolute atomic E-state index is 0.102. The van der Waals surface area contributed by atoms with E-state index in [0.29, 0.717) is 5.49 Å². The van der Waals surface area contributed by atoms with Crippen LogP contribution in [0, 0.1) is 17.0 Å². The molecule has 0 atom stereocenters. The summed E-state index contributed by atoms with van der Waals surface area (Å²) in [6.07, 6.45) is 2.62. The maximum Gasteiger partial charge on any atom is 0.287 e. The maximum absolute atomic E-state index is 10.5. The molecule has 0 amide bonds. The van der Waals surface area contributed by atoms with Gasteiger partial charge in [0.05, 0.1) is 4.92 Å². The Hall–Kier alpha value is -2.70. The van der Waals surface area contributed by atoms with Crippen LogP contribution in [-0.4, -0.2) is 19.8 Å². The van der Waals surface area contributed by atoms with Crippen molar-refractivity contribution in [1.82, 2.24) is 9.71 Å². The standard InChI is InChI=1S/C11H10N4O3/c1-8-2-5-11(14(16)7-8)13-10-4-3-9(6-12-10)15(17)18/h2-7,16H,1H3. The summed E-state index contributed by atoms with van der Waals surface area (Å²) in [5, 5.41) is 20.0. The Morgan fingerprint density at radius 1 is 1.39 bits per heavy atom. The largest absolute Gasteiger partial charge is 0.427 e. The number of hydrogen-bond acceptors (Lipinski definition) is 5. The second-order valence-corrected chi connectivity index (χ2v) is 3.65. The fourth-order valence-electron chi connectivity index (χ4n) is 1.34. The summed E-state index contributed by atoms with van der Waals surface area (Å²) in [5.41, 5.74) is 1.07. The van der Waals surface area contributed by atoms with Crippen molar-refractivity contribution in [3.8, 4) is 0 Å². The van der Waals surface area contributed by atoms with Crippen LogP contribution in [0.15, 0.2) is 41.7 Å². The lowest BCUT2D eigenvalue weighted by Crippen LogP contribution is -2.17. The highest BCUT2D eigenvalue weighted by molar-refractivity contribution is 5.35. The van der Waals surface area contributed by atoms with Gasteiger partial charge >= 0.3 is 0 Å². The van der Waals surface area contributed by atoms with E-state index in [4.69, 9.17) is 0 Å². The van der Waals surface area contributed by atoms with Gasteiger partial charge in [0.1, 0.15) is 6.20 Å². The highest BCUT2D eigenvalue weighted by Crippen LogP contribution is 2.13. The zero-order valence-electron chi connectivity index (χ0n) is 9.52. The smallest absolute Gasteiger partial charge is 0.287 e. The summed E-state index contributed by atoms with van der Waals surface area (Å²) in [6.45, 7) is 1.83. The summed E-state index contributed by atoms with van der Waals surface area (Å²) < 4.78 is 0.873. The third kappa shape index (κ3) is 2.51. The molecule has 92 valence electrons. The molecular weight excluding hydrogens is 236 g/mol. The molecule has 0 aromatic carbocycles. The van der Waals surface area contributed by atoms with Gasteiger partial charge in [-0.1, -0.05) is 6.07 Å². The predicted molar refractivity (Wildman–Crippen MR) is 62.5 cm³/mol. The molecule has 0 spiro atoms. The van der Waals surface area contributed by atoms with E-state index in [-0.39, 0.29) is 11.5 Å². The molecule has 0 fully saturated rings. The zero-order valence-corrected chi connectivity index (χ0v) is 9.52. The summed E-state index contributed by atoms with van der Waals surface area (Å²) in [7, 11) is 0. The van der Waals surface area contributed by atoms with Gasteiger partial charge in [0.15, 0.2) is 11.3 Å². The first-order valence-electron chi connectivity index (χ1n) is 5.10. The summed E-state index contributed by atoms with van der Waals surface area (Å²) in [6, 6.07) is 6.13. The lowest BCUT2D eigenvalue weighted by molar-refractivity contribution is -0.385. The van der Waals surface area contributed by atoms with Crippen LogP contribution in [-0.2, 0) is 0 Å². The molecule has 7 nitrogen and oxygen atoms in total. The van der Waals surface area contributed by atoms with Gasteiger partial charge in [-0.2, -0.15) is 4.73 Å². The van der Waals surface area contributed by atoms with Crippen molar-refractivity contribution in [3.05, 3.63) is 57.8 Å². The highest BCUT2D eigenvalue weighted by Gasteiger charge is 2.04. The molecule has 18 heavy (non-hydrogen) atoms. The van der Waals surface area contributed by atoms with E-state index < -0.39 is 4.92 Å². The predicted octanol–water partition coefficient (Wildman–Crippen LogP) is 1.57. The van der Waals surface area contributed by atoms with E-state index in [1.54, 1.807) is 12.1 Å². The first kappa shape index (κ1) is 11.8. The van der Waals surface area contributed by atoms with Crippen LogP contribution in [0.25, 0.3) is 0 Å². The van der Waals surface area contributed by atoms with E-state index in [1.807, 2.05) is 6.92 Å². The molecule has 2 rings (SSSR count). The number of aryl methyl sites for hydroxylation is 1. The number of rotatable bonds is 2. The Morgan fingerprint density at radius 2 is 2.17 bits per heavy atom. The van der Waals surface area contributed by atoms with E-state index in [1.165, 1.54) is 18.3 Å². The zero-order chi connectivity index (χ0) is 13.1. The van der Waals surface area contributed by atoms with Crippen molar-refractivity contribution in [3.63, 3.8) is 0 Å². The monoisotopic (exact) mass is 246 g/mol. The van der Waals surface area contributed by atoms with E-state index in [9.17, 15) is 15.3 Å². The van der Waals surface area contributed by atoms with Crippen molar-refractivity contribution in [1.29, 1.82) is 0 Å². The van der Waals surface area contributed by atoms with Gasteiger partial charge in [-0.25, -0.2) is 9.98 Å². The van der Waals surface area contributed by atoms with Crippen molar-refractivity contribution in [2.45, 2.75) is 6.92 Å². The molecule has 1 N–H and O–H groups in total. The van der Waals surface area contributed by atoms with Crippen LogP contribution in [0.5, 0.6) is 0 Å².